The Morgan fingerprint density at radius 3 is 3.04 bits per heavy atom. The van der Waals surface area contributed by atoms with E-state index in [4.69, 9.17) is 4.74 Å². The van der Waals surface area contributed by atoms with Gasteiger partial charge < -0.3 is 9.30 Å². The van der Waals surface area contributed by atoms with Gasteiger partial charge in [-0.3, -0.25) is 10.00 Å². The fourth-order valence-corrected chi connectivity index (χ4v) is 3.49. The Hall–Kier alpha value is -2.67. The predicted octanol–water partition coefficient (Wildman–Crippen LogP) is 2.73. The molecule has 1 aromatic carbocycles. The van der Waals surface area contributed by atoms with Crippen LogP contribution in [-0.4, -0.2) is 42.8 Å². The molecule has 0 bridgehead atoms. The lowest BCUT2D eigenvalue weighted by molar-refractivity contribution is 0.231. The molecule has 7 nitrogen and oxygen atoms in total. The quantitative estimate of drug-likeness (QED) is 0.708. The van der Waals surface area contributed by atoms with Crippen molar-refractivity contribution in [1.29, 1.82) is 0 Å². The third-order valence-corrected chi connectivity index (χ3v) is 4.79. The highest BCUT2D eigenvalue weighted by Gasteiger charge is 2.29. The molecule has 0 amide bonds. The average Bonchev–Trinajstić information content (AvgIpc) is 3.38. The first-order chi connectivity index (χ1) is 12.8. The van der Waals surface area contributed by atoms with Crippen LogP contribution in [0.2, 0.25) is 0 Å². The number of rotatable bonds is 7. The summed E-state index contributed by atoms with van der Waals surface area (Å²) in [4.78, 5) is 11.0. The molecule has 7 heteroatoms. The minimum Gasteiger partial charge on any atom is -0.491 e. The summed E-state index contributed by atoms with van der Waals surface area (Å²) in [5, 5.41) is 7.34. The number of aromatic nitrogens is 5. The second-order valence-corrected chi connectivity index (χ2v) is 6.66. The van der Waals surface area contributed by atoms with E-state index < -0.39 is 0 Å². The van der Waals surface area contributed by atoms with Gasteiger partial charge in [0, 0.05) is 24.5 Å². The van der Waals surface area contributed by atoms with Gasteiger partial charge in [0.15, 0.2) is 5.82 Å². The van der Waals surface area contributed by atoms with Crippen molar-refractivity contribution in [1.82, 2.24) is 29.6 Å². The van der Waals surface area contributed by atoms with Crippen molar-refractivity contribution in [3.8, 4) is 5.75 Å². The molecule has 2 aromatic heterocycles. The molecule has 1 atom stereocenters. The Bertz CT molecular complexity index is 828. The van der Waals surface area contributed by atoms with Crippen LogP contribution in [0.1, 0.15) is 36.1 Å². The van der Waals surface area contributed by atoms with Gasteiger partial charge in [-0.25, -0.2) is 9.97 Å². The molecule has 0 aliphatic carbocycles. The Labute approximate surface area is 153 Å². The number of hydrogen-bond donors (Lipinski definition) is 1. The second-order valence-electron chi connectivity index (χ2n) is 6.66. The van der Waals surface area contributed by atoms with E-state index in [9.17, 15) is 0 Å². The second kappa shape index (κ2) is 7.70. The van der Waals surface area contributed by atoms with Gasteiger partial charge in [-0.1, -0.05) is 18.2 Å². The number of para-hydroxylation sites is 1. The van der Waals surface area contributed by atoms with Crippen LogP contribution in [0.3, 0.4) is 0 Å². The molecule has 1 N–H and O–H groups in total. The number of nitrogens with zero attached hydrogens (tertiary/aromatic N) is 5. The minimum atomic E-state index is 0.277. The molecule has 1 aliphatic heterocycles. The fraction of sp³-hybridized carbons (Fsp3) is 0.421. The van der Waals surface area contributed by atoms with E-state index >= 15 is 0 Å². The van der Waals surface area contributed by atoms with Crippen LogP contribution in [0.5, 0.6) is 5.75 Å². The van der Waals surface area contributed by atoms with Crippen LogP contribution >= 0.6 is 0 Å². The molecule has 26 heavy (non-hydrogen) atoms. The normalized spacial score (nSPS) is 17.7. The maximum atomic E-state index is 6.05. The van der Waals surface area contributed by atoms with E-state index in [-0.39, 0.29) is 6.04 Å². The van der Waals surface area contributed by atoms with E-state index in [1.54, 1.807) is 6.20 Å². The Morgan fingerprint density at radius 2 is 2.23 bits per heavy atom. The SMILES string of the molecule is Cc1nc(C2CCCN2Cc2ccccc2OCCn2ccnc2)n[nH]1. The molecule has 3 aromatic rings. The molecule has 1 fully saturated rings. The molecule has 1 unspecified atom stereocenters. The Balaban J connectivity index is 1.42. The van der Waals surface area contributed by atoms with Gasteiger partial charge in [0.2, 0.25) is 0 Å². The first kappa shape index (κ1) is 16.8. The molecule has 0 spiro atoms. The minimum absolute atomic E-state index is 0.277. The van der Waals surface area contributed by atoms with Crippen LogP contribution < -0.4 is 4.74 Å². The summed E-state index contributed by atoms with van der Waals surface area (Å²) in [6.07, 6.45) is 7.81. The highest BCUT2D eigenvalue weighted by atomic mass is 16.5. The lowest BCUT2D eigenvalue weighted by Crippen LogP contribution is -2.24. The summed E-state index contributed by atoms with van der Waals surface area (Å²) in [7, 11) is 0. The van der Waals surface area contributed by atoms with Crippen LogP contribution in [0.15, 0.2) is 43.0 Å². The summed E-state index contributed by atoms with van der Waals surface area (Å²) in [5.74, 6) is 2.72. The molecule has 1 aliphatic rings. The highest BCUT2D eigenvalue weighted by molar-refractivity contribution is 5.33. The smallest absolute Gasteiger partial charge is 0.167 e. The van der Waals surface area contributed by atoms with Gasteiger partial charge in [0.25, 0.3) is 0 Å². The van der Waals surface area contributed by atoms with Crippen molar-refractivity contribution in [3.63, 3.8) is 0 Å². The number of aromatic amines is 1. The van der Waals surface area contributed by atoms with Crippen LogP contribution in [0.4, 0.5) is 0 Å². The van der Waals surface area contributed by atoms with Gasteiger partial charge in [0.1, 0.15) is 18.2 Å². The van der Waals surface area contributed by atoms with Gasteiger partial charge in [0.05, 0.1) is 18.9 Å². The standard InChI is InChI=1S/C19H24N6O/c1-15-21-19(23-22-15)17-6-4-9-25(17)13-16-5-2-3-7-18(16)26-12-11-24-10-8-20-14-24/h2-3,5,7-8,10,14,17H,4,6,9,11-13H2,1H3,(H,21,22,23). The molecule has 3 heterocycles. The summed E-state index contributed by atoms with van der Waals surface area (Å²) in [6, 6.07) is 8.56. The van der Waals surface area contributed by atoms with Crippen LogP contribution in [0.25, 0.3) is 0 Å². The molecule has 0 radical (unpaired) electrons. The molecule has 0 saturated carbocycles. The van der Waals surface area contributed by atoms with Gasteiger partial charge in [-0.15, -0.1) is 0 Å². The first-order valence-corrected chi connectivity index (χ1v) is 9.09. The number of nitrogens with one attached hydrogen (secondary N) is 1. The van der Waals surface area contributed by atoms with E-state index in [0.29, 0.717) is 6.61 Å². The molecular weight excluding hydrogens is 328 g/mol. The van der Waals surface area contributed by atoms with E-state index in [0.717, 1.165) is 43.5 Å². The molecular formula is C19H24N6O. The van der Waals surface area contributed by atoms with Crippen LogP contribution in [0, 0.1) is 6.92 Å². The van der Waals surface area contributed by atoms with E-state index in [1.165, 1.54) is 12.0 Å². The summed E-state index contributed by atoms with van der Waals surface area (Å²) < 4.78 is 8.07. The van der Waals surface area contributed by atoms with Gasteiger partial charge in [-0.2, -0.15) is 5.10 Å². The number of aryl methyl sites for hydroxylation is 1. The summed E-state index contributed by atoms with van der Waals surface area (Å²) >= 11 is 0. The van der Waals surface area contributed by atoms with Crippen molar-refractivity contribution < 1.29 is 4.74 Å². The highest BCUT2D eigenvalue weighted by Crippen LogP contribution is 2.32. The van der Waals surface area contributed by atoms with Gasteiger partial charge >= 0.3 is 0 Å². The topological polar surface area (TPSA) is 71.9 Å². The van der Waals surface area contributed by atoms with E-state index in [1.807, 2.05) is 36.1 Å². The number of benzene rings is 1. The lowest BCUT2D eigenvalue weighted by atomic mass is 10.1. The number of H-pyrrole nitrogens is 1. The average molecular weight is 352 g/mol. The summed E-state index contributed by atoms with van der Waals surface area (Å²) in [6.45, 7) is 5.26. The molecule has 136 valence electrons. The number of likely N-dealkylation sites (tertiary alicyclic amines) is 1. The number of imidazole rings is 1. The van der Waals surface area contributed by atoms with Crippen LogP contribution in [-0.2, 0) is 13.1 Å². The zero-order valence-corrected chi connectivity index (χ0v) is 15.0. The third-order valence-electron chi connectivity index (χ3n) is 4.79. The van der Waals surface area contributed by atoms with E-state index in [2.05, 4.69) is 37.2 Å². The molecule has 4 rings (SSSR count). The van der Waals surface area contributed by atoms with Crippen molar-refractivity contribution in [3.05, 3.63) is 60.2 Å². The number of hydrogen-bond acceptors (Lipinski definition) is 5. The van der Waals surface area contributed by atoms with Crippen molar-refractivity contribution in [2.24, 2.45) is 0 Å². The maximum absolute atomic E-state index is 6.05. The Morgan fingerprint density at radius 1 is 1.31 bits per heavy atom. The Kier molecular flexibility index (Phi) is 4.97. The van der Waals surface area contributed by atoms with Crippen molar-refractivity contribution in [2.45, 2.75) is 38.9 Å². The third kappa shape index (κ3) is 3.77. The maximum Gasteiger partial charge on any atom is 0.167 e. The van der Waals surface area contributed by atoms with Crippen molar-refractivity contribution in [2.75, 3.05) is 13.2 Å². The van der Waals surface area contributed by atoms with Gasteiger partial charge in [-0.05, 0) is 32.4 Å². The zero-order valence-electron chi connectivity index (χ0n) is 15.0. The van der Waals surface area contributed by atoms with Crippen molar-refractivity contribution >= 4 is 0 Å². The summed E-state index contributed by atoms with van der Waals surface area (Å²) in [5.41, 5.74) is 1.21. The zero-order chi connectivity index (χ0) is 17.8. The lowest BCUT2D eigenvalue weighted by Gasteiger charge is -2.23. The molecule has 1 saturated heterocycles. The predicted molar refractivity (Wildman–Crippen MR) is 97.7 cm³/mol. The number of ether oxygens (including phenoxy) is 1. The largest absolute Gasteiger partial charge is 0.491 e. The monoisotopic (exact) mass is 352 g/mol. The first-order valence-electron chi connectivity index (χ1n) is 9.09. The fourth-order valence-electron chi connectivity index (χ4n) is 3.49.